The predicted molar refractivity (Wildman–Crippen MR) is 102 cm³/mol. The molecular formula is C19H34O13. The normalized spacial score (nSPS) is 55.0. The van der Waals surface area contributed by atoms with E-state index in [1.54, 1.807) is 0 Å². The molecule has 13 heteroatoms. The Balaban J connectivity index is 1.84. The van der Waals surface area contributed by atoms with Crippen molar-refractivity contribution in [1.29, 1.82) is 0 Å². The molecule has 188 valence electrons. The highest BCUT2D eigenvalue weighted by atomic mass is 16.7. The molecule has 0 aromatic heterocycles. The van der Waals surface area contributed by atoms with Gasteiger partial charge in [-0.1, -0.05) is 0 Å². The Kier molecular flexibility index (Phi) is 8.15. The molecule has 0 spiro atoms. The standard InChI is InChI=1S/C19H34O13/c1-6-10(22)12(24)13(25)17(30-6)32-15-11(23)7(2)29-16(14(15)26)19(27)4-8(21)9(5-20)31-18(19)28-3/h6-18,20-27H,4-5H2,1-3H3/t6-,7-,8+,9+,10-,11-,12+,13+,14+,15+,16+,17-,18-,19-/m0/s1. The summed E-state index contributed by atoms with van der Waals surface area (Å²) >= 11 is 0. The van der Waals surface area contributed by atoms with E-state index < -0.39 is 98.4 Å². The molecule has 0 unspecified atom stereocenters. The molecule has 14 atom stereocenters. The second kappa shape index (κ2) is 10.00. The molecule has 0 aromatic rings. The van der Waals surface area contributed by atoms with Crippen molar-refractivity contribution in [2.75, 3.05) is 13.7 Å². The van der Waals surface area contributed by atoms with Gasteiger partial charge in [0.05, 0.1) is 24.9 Å². The summed E-state index contributed by atoms with van der Waals surface area (Å²) in [7, 11) is 1.23. The van der Waals surface area contributed by atoms with Crippen LogP contribution in [-0.2, 0) is 23.7 Å². The van der Waals surface area contributed by atoms with Gasteiger partial charge in [0.15, 0.2) is 12.6 Å². The van der Waals surface area contributed by atoms with Crippen molar-refractivity contribution in [2.45, 2.75) is 106 Å². The molecule has 0 saturated carbocycles. The van der Waals surface area contributed by atoms with Crippen LogP contribution in [0.3, 0.4) is 0 Å². The lowest BCUT2D eigenvalue weighted by Gasteiger charge is -2.53. The molecule has 3 saturated heterocycles. The minimum Gasteiger partial charge on any atom is -0.394 e. The summed E-state index contributed by atoms with van der Waals surface area (Å²) in [6.07, 6.45) is -18.3. The van der Waals surface area contributed by atoms with E-state index in [-0.39, 0.29) is 0 Å². The molecule has 32 heavy (non-hydrogen) atoms. The van der Waals surface area contributed by atoms with Crippen molar-refractivity contribution in [1.82, 2.24) is 0 Å². The smallest absolute Gasteiger partial charge is 0.189 e. The minimum atomic E-state index is -2.11. The van der Waals surface area contributed by atoms with Gasteiger partial charge >= 0.3 is 0 Å². The molecule has 13 nitrogen and oxygen atoms in total. The number of aliphatic hydroxyl groups excluding tert-OH is 7. The average Bonchev–Trinajstić information content (AvgIpc) is 2.75. The molecule has 3 fully saturated rings. The van der Waals surface area contributed by atoms with E-state index >= 15 is 0 Å². The first-order valence-electron chi connectivity index (χ1n) is 10.5. The number of aliphatic hydroxyl groups is 8. The van der Waals surface area contributed by atoms with Crippen LogP contribution in [0.25, 0.3) is 0 Å². The molecule has 0 aromatic carbocycles. The fourth-order valence-corrected chi connectivity index (χ4v) is 4.49. The molecule has 0 amide bonds. The lowest BCUT2D eigenvalue weighted by Crippen LogP contribution is -2.72. The molecule has 3 aliphatic heterocycles. The van der Waals surface area contributed by atoms with E-state index in [1.807, 2.05) is 0 Å². The Morgan fingerprint density at radius 2 is 1.47 bits per heavy atom. The topological polar surface area (TPSA) is 208 Å². The van der Waals surface area contributed by atoms with Gasteiger partial charge < -0.3 is 64.5 Å². The van der Waals surface area contributed by atoms with Crippen molar-refractivity contribution in [2.24, 2.45) is 0 Å². The van der Waals surface area contributed by atoms with Crippen LogP contribution in [0.2, 0.25) is 0 Å². The summed E-state index contributed by atoms with van der Waals surface area (Å²) in [4.78, 5) is 0. The second-order valence-electron chi connectivity index (χ2n) is 8.71. The molecule has 0 bridgehead atoms. The number of ether oxygens (including phenoxy) is 5. The lowest BCUT2D eigenvalue weighted by atomic mass is 9.78. The average molecular weight is 470 g/mol. The van der Waals surface area contributed by atoms with Crippen molar-refractivity contribution >= 4 is 0 Å². The first-order chi connectivity index (χ1) is 15.0. The highest BCUT2D eigenvalue weighted by Crippen LogP contribution is 2.40. The van der Waals surface area contributed by atoms with Gasteiger partial charge in [0.25, 0.3) is 0 Å². The lowest BCUT2D eigenvalue weighted by molar-refractivity contribution is -0.371. The summed E-state index contributed by atoms with van der Waals surface area (Å²) < 4.78 is 27.3. The van der Waals surface area contributed by atoms with Crippen LogP contribution in [0, 0.1) is 0 Å². The Morgan fingerprint density at radius 3 is 2.06 bits per heavy atom. The maximum Gasteiger partial charge on any atom is 0.189 e. The van der Waals surface area contributed by atoms with E-state index in [0.717, 1.165) is 0 Å². The van der Waals surface area contributed by atoms with Gasteiger partial charge in [-0.15, -0.1) is 0 Å². The highest BCUT2D eigenvalue weighted by molar-refractivity contribution is 5.06. The first-order valence-corrected chi connectivity index (χ1v) is 10.5. The van der Waals surface area contributed by atoms with E-state index in [2.05, 4.69) is 0 Å². The quantitative estimate of drug-likeness (QED) is 0.191. The molecule has 8 N–H and O–H groups in total. The van der Waals surface area contributed by atoms with Crippen LogP contribution in [0.4, 0.5) is 0 Å². The van der Waals surface area contributed by atoms with Gasteiger partial charge in [-0.25, -0.2) is 0 Å². The second-order valence-corrected chi connectivity index (χ2v) is 8.71. The van der Waals surface area contributed by atoms with E-state index in [4.69, 9.17) is 23.7 Å². The summed E-state index contributed by atoms with van der Waals surface area (Å²) in [6, 6.07) is 0. The third-order valence-electron chi connectivity index (χ3n) is 6.48. The minimum absolute atomic E-state index is 0.390. The third-order valence-corrected chi connectivity index (χ3v) is 6.48. The SMILES string of the molecule is CO[C@H]1O[C@H](CO)[C@H](O)C[C@]1(O)[C@@H]1O[C@@H](C)[C@H](O)[C@@H](O[C@@H]2O[C@@H](C)[C@H](O)[C@@H](O)[C@H]2O)[C@H]1O. The Hall–Kier alpha value is -0.520. The van der Waals surface area contributed by atoms with Crippen LogP contribution >= 0.6 is 0 Å². The molecule has 3 rings (SSSR count). The maximum atomic E-state index is 11.3. The zero-order valence-electron chi connectivity index (χ0n) is 18.0. The molecule has 0 radical (unpaired) electrons. The molecule has 3 aliphatic rings. The highest BCUT2D eigenvalue weighted by Gasteiger charge is 2.60. The fourth-order valence-electron chi connectivity index (χ4n) is 4.49. The number of hydrogen-bond acceptors (Lipinski definition) is 13. The number of methoxy groups -OCH3 is 1. The van der Waals surface area contributed by atoms with Crippen LogP contribution in [0.15, 0.2) is 0 Å². The van der Waals surface area contributed by atoms with Crippen LogP contribution < -0.4 is 0 Å². The summed E-state index contributed by atoms with van der Waals surface area (Å²) in [5.41, 5.74) is -2.11. The van der Waals surface area contributed by atoms with Crippen molar-refractivity contribution in [3.63, 3.8) is 0 Å². The van der Waals surface area contributed by atoms with Crippen molar-refractivity contribution < 1.29 is 64.5 Å². The zero-order valence-corrected chi connectivity index (χ0v) is 18.0. The van der Waals surface area contributed by atoms with E-state index in [1.165, 1.54) is 21.0 Å². The summed E-state index contributed by atoms with van der Waals surface area (Å²) in [5.74, 6) is 0. The van der Waals surface area contributed by atoms with Gasteiger partial charge in [-0.2, -0.15) is 0 Å². The predicted octanol–water partition coefficient (Wildman–Crippen LogP) is -4.45. The molecule has 3 heterocycles. The third kappa shape index (κ3) is 4.55. The maximum absolute atomic E-state index is 11.3. The largest absolute Gasteiger partial charge is 0.394 e. The summed E-state index contributed by atoms with van der Waals surface area (Å²) in [5, 5.41) is 82.6. The van der Waals surface area contributed by atoms with Crippen LogP contribution in [-0.4, -0.2) is 140 Å². The number of rotatable bonds is 5. The van der Waals surface area contributed by atoms with Gasteiger partial charge in [0.1, 0.15) is 54.4 Å². The molecular weight excluding hydrogens is 436 g/mol. The van der Waals surface area contributed by atoms with Gasteiger partial charge in [-0.3, -0.25) is 0 Å². The Bertz CT molecular complexity index is 624. The molecule has 0 aliphatic carbocycles. The Morgan fingerprint density at radius 1 is 0.844 bits per heavy atom. The van der Waals surface area contributed by atoms with Gasteiger partial charge in [0, 0.05) is 13.5 Å². The Labute approximate surface area is 184 Å². The van der Waals surface area contributed by atoms with Crippen LogP contribution in [0.1, 0.15) is 20.3 Å². The van der Waals surface area contributed by atoms with Crippen molar-refractivity contribution in [3.8, 4) is 0 Å². The fraction of sp³-hybridized carbons (Fsp3) is 1.00. The van der Waals surface area contributed by atoms with Gasteiger partial charge in [-0.05, 0) is 13.8 Å². The van der Waals surface area contributed by atoms with Crippen molar-refractivity contribution in [3.05, 3.63) is 0 Å². The van der Waals surface area contributed by atoms with Crippen LogP contribution in [0.5, 0.6) is 0 Å². The summed E-state index contributed by atoms with van der Waals surface area (Å²) in [6.45, 7) is 2.37. The van der Waals surface area contributed by atoms with E-state index in [9.17, 15) is 40.9 Å². The zero-order chi connectivity index (χ0) is 24.0. The van der Waals surface area contributed by atoms with E-state index in [0.29, 0.717) is 0 Å². The number of hydrogen-bond donors (Lipinski definition) is 8. The van der Waals surface area contributed by atoms with Gasteiger partial charge in [0.2, 0.25) is 0 Å². The monoisotopic (exact) mass is 470 g/mol. The first kappa shape index (κ1) is 26.1.